The third kappa shape index (κ3) is 1.62. The lowest BCUT2D eigenvalue weighted by Gasteiger charge is -1.94. The summed E-state index contributed by atoms with van der Waals surface area (Å²) < 4.78 is 0. The molecular formula is C14H10N4. The van der Waals surface area contributed by atoms with Gasteiger partial charge < -0.3 is 4.98 Å². The van der Waals surface area contributed by atoms with Gasteiger partial charge in [0.25, 0.3) is 0 Å². The SMILES string of the molecule is Cc1cccc2[nH]c(-c3ccc(C#N)cn3)nc12. The van der Waals surface area contributed by atoms with Crippen LogP contribution in [0.2, 0.25) is 0 Å². The van der Waals surface area contributed by atoms with Gasteiger partial charge in [-0.05, 0) is 30.7 Å². The number of aromatic amines is 1. The van der Waals surface area contributed by atoms with Gasteiger partial charge in [-0.2, -0.15) is 5.26 Å². The molecule has 0 saturated heterocycles. The molecule has 0 unspecified atom stereocenters. The van der Waals surface area contributed by atoms with Gasteiger partial charge in [0.15, 0.2) is 5.82 Å². The molecule has 86 valence electrons. The largest absolute Gasteiger partial charge is 0.337 e. The number of fused-ring (bicyclic) bond motifs is 1. The van der Waals surface area contributed by atoms with Crippen LogP contribution in [0.15, 0.2) is 36.5 Å². The van der Waals surface area contributed by atoms with Crippen molar-refractivity contribution in [2.75, 3.05) is 0 Å². The first-order valence-corrected chi connectivity index (χ1v) is 5.60. The Labute approximate surface area is 104 Å². The number of aryl methyl sites for hydroxylation is 1. The third-order valence-corrected chi connectivity index (χ3v) is 2.85. The molecule has 2 aromatic heterocycles. The van der Waals surface area contributed by atoms with E-state index in [1.807, 2.05) is 31.2 Å². The topological polar surface area (TPSA) is 65.4 Å². The van der Waals surface area contributed by atoms with E-state index in [1.165, 1.54) is 0 Å². The summed E-state index contributed by atoms with van der Waals surface area (Å²) in [6.07, 6.45) is 1.55. The van der Waals surface area contributed by atoms with Gasteiger partial charge in [0.05, 0.1) is 16.6 Å². The van der Waals surface area contributed by atoms with Gasteiger partial charge in [0.2, 0.25) is 0 Å². The summed E-state index contributed by atoms with van der Waals surface area (Å²) in [5, 5.41) is 8.74. The zero-order valence-corrected chi connectivity index (χ0v) is 9.81. The number of para-hydroxylation sites is 1. The Balaban J connectivity index is 2.14. The van der Waals surface area contributed by atoms with Crippen LogP contribution in [0.1, 0.15) is 11.1 Å². The maximum atomic E-state index is 8.74. The van der Waals surface area contributed by atoms with Gasteiger partial charge in [-0.1, -0.05) is 12.1 Å². The Morgan fingerprint density at radius 2 is 2.11 bits per heavy atom. The highest BCUT2D eigenvalue weighted by Gasteiger charge is 2.07. The summed E-state index contributed by atoms with van der Waals surface area (Å²) >= 11 is 0. The number of hydrogen-bond acceptors (Lipinski definition) is 3. The fourth-order valence-electron chi connectivity index (χ4n) is 1.90. The number of aromatic nitrogens is 3. The molecule has 0 radical (unpaired) electrons. The highest BCUT2D eigenvalue weighted by atomic mass is 14.9. The van der Waals surface area contributed by atoms with Gasteiger partial charge in [-0.3, -0.25) is 4.98 Å². The van der Waals surface area contributed by atoms with Crippen LogP contribution in [-0.2, 0) is 0 Å². The number of nitrogens with one attached hydrogen (secondary N) is 1. The van der Waals surface area contributed by atoms with Crippen molar-refractivity contribution in [3.8, 4) is 17.6 Å². The maximum Gasteiger partial charge on any atom is 0.157 e. The van der Waals surface area contributed by atoms with Gasteiger partial charge >= 0.3 is 0 Å². The molecule has 0 saturated carbocycles. The molecule has 1 N–H and O–H groups in total. The minimum absolute atomic E-state index is 0.547. The zero-order valence-electron chi connectivity index (χ0n) is 9.81. The zero-order chi connectivity index (χ0) is 12.5. The quantitative estimate of drug-likeness (QED) is 0.704. The van der Waals surface area contributed by atoms with E-state index >= 15 is 0 Å². The van der Waals surface area contributed by atoms with Gasteiger partial charge in [-0.15, -0.1) is 0 Å². The molecule has 0 fully saturated rings. The lowest BCUT2D eigenvalue weighted by molar-refractivity contribution is 1.23. The Morgan fingerprint density at radius 1 is 1.22 bits per heavy atom. The van der Waals surface area contributed by atoms with E-state index < -0.39 is 0 Å². The Morgan fingerprint density at radius 3 is 2.78 bits per heavy atom. The molecule has 2 heterocycles. The van der Waals surface area contributed by atoms with Crippen molar-refractivity contribution in [2.45, 2.75) is 6.92 Å². The molecule has 0 bridgehead atoms. The summed E-state index contributed by atoms with van der Waals surface area (Å²) in [7, 11) is 0. The lowest BCUT2D eigenvalue weighted by Crippen LogP contribution is -1.86. The van der Waals surface area contributed by atoms with E-state index in [0.717, 1.165) is 28.1 Å². The molecule has 0 amide bonds. The van der Waals surface area contributed by atoms with Crippen LogP contribution in [-0.4, -0.2) is 15.0 Å². The summed E-state index contributed by atoms with van der Waals surface area (Å²) in [6.45, 7) is 2.03. The first-order valence-electron chi connectivity index (χ1n) is 5.60. The fourth-order valence-corrected chi connectivity index (χ4v) is 1.90. The predicted molar refractivity (Wildman–Crippen MR) is 68.8 cm³/mol. The van der Waals surface area contributed by atoms with Crippen molar-refractivity contribution in [3.63, 3.8) is 0 Å². The first kappa shape index (κ1) is 10.5. The lowest BCUT2D eigenvalue weighted by atomic mass is 10.2. The molecule has 0 aliphatic rings. The van der Waals surface area contributed by atoms with Crippen LogP contribution < -0.4 is 0 Å². The second-order valence-corrected chi connectivity index (χ2v) is 4.10. The number of nitrogens with zero attached hydrogens (tertiary/aromatic N) is 3. The number of pyridine rings is 1. The van der Waals surface area contributed by atoms with Crippen LogP contribution in [0.5, 0.6) is 0 Å². The van der Waals surface area contributed by atoms with Crippen molar-refractivity contribution in [1.82, 2.24) is 15.0 Å². The van der Waals surface area contributed by atoms with Crippen LogP contribution in [0.25, 0.3) is 22.6 Å². The molecule has 4 nitrogen and oxygen atoms in total. The Bertz CT molecular complexity index is 748. The molecule has 18 heavy (non-hydrogen) atoms. The van der Waals surface area contributed by atoms with Crippen molar-refractivity contribution in [1.29, 1.82) is 5.26 Å². The molecule has 3 rings (SSSR count). The van der Waals surface area contributed by atoms with Crippen molar-refractivity contribution < 1.29 is 0 Å². The number of H-pyrrole nitrogens is 1. The number of hydrogen-bond donors (Lipinski definition) is 1. The highest BCUT2D eigenvalue weighted by Crippen LogP contribution is 2.21. The average Bonchev–Trinajstić information content (AvgIpc) is 2.84. The summed E-state index contributed by atoms with van der Waals surface area (Å²) in [5.41, 5.74) is 4.37. The predicted octanol–water partition coefficient (Wildman–Crippen LogP) is 2.81. The van der Waals surface area contributed by atoms with E-state index in [0.29, 0.717) is 5.56 Å². The van der Waals surface area contributed by atoms with Gasteiger partial charge in [0, 0.05) is 6.20 Å². The number of imidazole rings is 1. The van der Waals surface area contributed by atoms with Crippen LogP contribution >= 0.6 is 0 Å². The van der Waals surface area contributed by atoms with E-state index in [-0.39, 0.29) is 0 Å². The van der Waals surface area contributed by atoms with Crippen molar-refractivity contribution in [2.24, 2.45) is 0 Å². The molecule has 4 heteroatoms. The molecule has 0 atom stereocenters. The molecule has 3 aromatic rings. The summed E-state index contributed by atoms with van der Waals surface area (Å²) in [6, 6.07) is 11.6. The smallest absolute Gasteiger partial charge is 0.157 e. The molecule has 0 spiro atoms. The minimum Gasteiger partial charge on any atom is -0.337 e. The number of nitriles is 1. The Hall–Kier alpha value is -2.67. The summed E-state index contributed by atoms with van der Waals surface area (Å²) in [5.74, 6) is 0.726. The van der Waals surface area contributed by atoms with Gasteiger partial charge in [0.1, 0.15) is 11.8 Å². The summed E-state index contributed by atoms with van der Waals surface area (Å²) in [4.78, 5) is 12.0. The van der Waals surface area contributed by atoms with E-state index in [4.69, 9.17) is 5.26 Å². The van der Waals surface area contributed by atoms with E-state index in [1.54, 1.807) is 18.3 Å². The van der Waals surface area contributed by atoms with Crippen molar-refractivity contribution >= 4 is 11.0 Å². The van der Waals surface area contributed by atoms with Crippen LogP contribution in [0.4, 0.5) is 0 Å². The normalized spacial score (nSPS) is 10.4. The second-order valence-electron chi connectivity index (χ2n) is 4.10. The molecule has 0 aliphatic heterocycles. The van der Waals surface area contributed by atoms with Crippen LogP contribution in [0, 0.1) is 18.3 Å². The average molecular weight is 234 g/mol. The van der Waals surface area contributed by atoms with E-state index in [2.05, 4.69) is 15.0 Å². The van der Waals surface area contributed by atoms with Crippen LogP contribution in [0.3, 0.4) is 0 Å². The number of benzene rings is 1. The molecule has 0 aliphatic carbocycles. The highest BCUT2D eigenvalue weighted by molar-refractivity contribution is 5.81. The fraction of sp³-hybridized carbons (Fsp3) is 0.0714. The second kappa shape index (κ2) is 3.97. The molecular weight excluding hydrogens is 224 g/mol. The van der Waals surface area contributed by atoms with Gasteiger partial charge in [-0.25, -0.2) is 4.98 Å². The third-order valence-electron chi connectivity index (χ3n) is 2.85. The van der Waals surface area contributed by atoms with Crippen molar-refractivity contribution in [3.05, 3.63) is 47.7 Å². The number of rotatable bonds is 1. The monoisotopic (exact) mass is 234 g/mol. The Kier molecular flexibility index (Phi) is 2.31. The maximum absolute atomic E-state index is 8.74. The van der Waals surface area contributed by atoms with E-state index in [9.17, 15) is 0 Å². The first-order chi connectivity index (χ1) is 8.78. The minimum atomic E-state index is 0.547. The standard InChI is InChI=1S/C14H10N4/c1-9-3-2-4-11-13(9)18-14(17-11)12-6-5-10(7-15)8-16-12/h2-6,8H,1H3,(H,17,18). The molecule has 1 aromatic carbocycles.